The number of nitrogens with zero attached hydrogens (tertiary/aromatic N) is 2. The van der Waals surface area contributed by atoms with E-state index >= 15 is 0 Å². The predicted molar refractivity (Wildman–Crippen MR) is 47.8 cm³/mol. The van der Waals surface area contributed by atoms with Gasteiger partial charge in [-0.1, -0.05) is 0 Å². The molecule has 68 valence electrons. The second-order valence-corrected chi connectivity index (χ2v) is 3.05. The number of hydrazine groups is 1. The Morgan fingerprint density at radius 1 is 1.62 bits per heavy atom. The Morgan fingerprint density at radius 2 is 2.54 bits per heavy atom. The molecule has 6 heteroatoms. The van der Waals surface area contributed by atoms with Gasteiger partial charge in [-0.15, -0.1) is 0 Å². The first-order valence-electron chi connectivity index (χ1n) is 3.67. The van der Waals surface area contributed by atoms with Gasteiger partial charge in [-0.2, -0.15) is 8.75 Å². The lowest BCUT2D eigenvalue weighted by Gasteiger charge is -2.09. The van der Waals surface area contributed by atoms with E-state index in [1.54, 1.807) is 18.7 Å². The third-order valence-corrected chi connectivity index (χ3v) is 2.21. The zero-order chi connectivity index (χ0) is 9.10. The molecule has 0 saturated carbocycles. The van der Waals surface area contributed by atoms with Crippen molar-refractivity contribution >= 4 is 11.7 Å². The van der Waals surface area contributed by atoms with Crippen LogP contribution in [0.5, 0.6) is 0 Å². The molecule has 0 saturated heterocycles. The third kappa shape index (κ3) is 1.59. The Balaban J connectivity index is 2.29. The van der Waals surface area contributed by atoms with Gasteiger partial charge in [0.2, 0.25) is 0 Å². The van der Waals surface area contributed by atoms with Crippen molar-refractivity contribution in [2.45, 2.75) is 6.04 Å². The molecule has 0 amide bonds. The first-order valence-corrected chi connectivity index (χ1v) is 4.40. The quantitative estimate of drug-likeness (QED) is 0.557. The molecule has 2 aromatic heterocycles. The molecule has 0 aliphatic heterocycles. The van der Waals surface area contributed by atoms with Crippen molar-refractivity contribution < 1.29 is 4.42 Å². The number of furan rings is 1. The highest BCUT2D eigenvalue weighted by Gasteiger charge is 2.15. The average molecular weight is 196 g/mol. The molecule has 0 aliphatic rings. The summed E-state index contributed by atoms with van der Waals surface area (Å²) >= 11 is 1.15. The number of hydrogen-bond donors (Lipinski definition) is 2. The monoisotopic (exact) mass is 196 g/mol. The molecule has 0 fully saturated rings. The van der Waals surface area contributed by atoms with Crippen LogP contribution in [-0.2, 0) is 0 Å². The van der Waals surface area contributed by atoms with Crippen LogP contribution < -0.4 is 11.3 Å². The van der Waals surface area contributed by atoms with Crippen LogP contribution in [0.25, 0.3) is 0 Å². The van der Waals surface area contributed by atoms with Gasteiger partial charge in [0, 0.05) is 5.56 Å². The lowest BCUT2D eigenvalue weighted by molar-refractivity contribution is 0.551. The molecule has 0 spiro atoms. The summed E-state index contributed by atoms with van der Waals surface area (Å²) in [5.41, 5.74) is 4.39. The number of nitrogens with two attached hydrogens (primary N) is 1. The number of aromatic nitrogens is 2. The van der Waals surface area contributed by atoms with Crippen LogP contribution in [0.15, 0.2) is 29.2 Å². The molecule has 0 bridgehead atoms. The van der Waals surface area contributed by atoms with Crippen molar-refractivity contribution in [1.29, 1.82) is 0 Å². The van der Waals surface area contributed by atoms with Gasteiger partial charge in [0.1, 0.15) is 0 Å². The van der Waals surface area contributed by atoms with Crippen LogP contribution in [0.4, 0.5) is 0 Å². The highest BCUT2D eigenvalue weighted by Crippen LogP contribution is 2.19. The van der Waals surface area contributed by atoms with Crippen molar-refractivity contribution in [3.8, 4) is 0 Å². The van der Waals surface area contributed by atoms with Crippen LogP contribution in [0.2, 0.25) is 0 Å². The second-order valence-electron chi connectivity index (χ2n) is 2.49. The van der Waals surface area contributed by atoms with E-state index in [1.807, 2.05) is 6.07 Å². The van der Waals surface area contributed by atoms with Gasteiger partial charge in [0.25, 0.3) is 0 Å². The number of hydrogen-bond acceptors (Lipinski definition) is 6. The first kappa shape index (κ1) is 8.36. The highest BCUT2D eigenvalue weighted by atomic mass is 32.1. The second kappa shape index (κ2) is 3.65. The lowest BCUT2D eigenvalue weighted by Crippen LogP contribution is -2.28. The van der Waals surface area contributed by atoms with E-state index in [0.717, 1.165) is 23.0 Å². The molecule has 1 unspecified atom stereocenters. The van der Waals surface area contributed by atoms with E-state index in [0.29, 0.717) is 0 Å². The van der Waals surface area contributed by atoms with E-state index in [1.165, 1.54) is 0 Å². The van der Waals surface area contributed by atoms with Gasteiger partial charge >= 0.3 is 0 Å². The minimum Gasteiger partial charge on any atom is -0.472 e. The van der Waals surface area contributed by atoms with E-state index in [-0.39, 0.29) is 6.04 Å². The van der Waals surface area contributed by atoms with Crippen molar-refractivity contribution in [3.05, 3.63) is 36.0 Å². The summed E-state index contributed by atoms with van der Waals surface area (Å²) in [5, 5.41) is 0. The van der Waals surface area contributed by atoms with Crippen molar-refractivity contribution in [1.82, 2.24) is 14.2 Å². The molecule has 0 aliphatic carbocycles. The van der Waals surface area contributed by atoms with Crippen molar-refractivity contribution in [2.24, 2.45) is 5.84 Å². The summed E-state index contributed by atoms with van der Waals surface area (Å²) in [7, 11) is 0. The van der Waals surface area contributed by atoms with Gasteiger partial charge < -0.3 is 4.42 Å². The maximum Gasteiger partial charge on any atom is 0.0971 e. The predicted octanol–water partition coefficient (Wildman–Crippen LogP) is 0.684. The Bertz CT molecular complexity index is 310. The fraction of sp³-hybridized carbons (Fsp3) is 0.143. The van der Waals surface area contributed by atoms with Crippen LogP contribution in [0, 0.1) is 0 Å². The Kier molecular flexibility index (Phi) is 2.35. The van der Waals surface area contributed by atoms with Crippen LogP contribution >= 0.6 is 11.7 Å². The SMILES string of the molecule is NNC(c1ccoc1)c1cnsn1. The number of rotatable bonds is 3. The van der Waals surface area contributed by atoms with Crippen molar-refractivity contribution in [2.75, 3.05) is 0 Å². The molecule has 2 rings (SSSR count). The Hall–Kier alpha value is -1.24. The van der Waals surface area contributed by atoms with Gasteiger partial charge in [0.15, 0.2) is 0 Å². The standard InChI is InChI=1S/C7H8N4OS/c8-10-7(5-1-2-12-4-5)6-3-9-13-11-6/h1-4,7,10H,8H2. The minimum absolute atomic E-state index is 0.141. The molecule has 0 aromatic carbocycles. The van der Waals surface area contributed by atoms with Crippen LogP contribution in [-0.4, -0.2) is 8.75 Å². The molecule has 5 nitrogen and oxygen atoms in total. The lowest BCUT2D eigenvalue weighted by atomic mass is 10.1. The van der Waals surface area contributed by atoms with E-state index in [2.05, 4.69) is 14.2 Å². The number of nitrogens with one attached hydrogen (secondary N) is 1. The summed E-state index contributed by atoms with van der Waals surface area (Å²) in [6.45, 7) is 0. The summed E-state index contributed by atoms with van der Waals surface area (Å²) in [4.78, 5) is 0. The van der Waals surface area contributed by atoms with E-state index in [4.69, 9.17) is 10.3 Å². The third-order valence-electron chi connectivity index (χ3n) is 1.72. The maximum atomic E-state index is 5.40. The fourth-order valence-electron chi connectivity index (χ4n) is 1.09. The molecule has 3 N–H and O–H groups in total. The molecule has 2 heterocycles. The average Bonchev–Trinajstić information content (AvgIpc) is 2.76. The molecule has 13 heavy (non-hydrogen) atoms. The van der Waals surface area contributed by atoms with Gasteiger partial charge in [-0.3, -0.25) is 5.84 Å². The summed E-state index contributed by atoms with van der Waals surface area (Å²) in [5.74, 6) is 5.40. The summed E-state index contributed by atoms with van der Waals surface area (Å²) < 4.78 is 13.0. The van der Waals surface area contributed by atoms with E-state index < -0.39 is 0 Å². The van der Waals surface area contributed by atoms with Gasteiger partial charge in [-0.25, -0.2) is 5.43 Å². The first-order chi connectivity index (χ1) is 6.42. The zero-order valence-corrected chi connectivity index (χ0v) is 7.49. The largest absolute Gasteiger partial charge is 0.472 e. The topological polar surface area (TPSA) is 77.0 Å². The van der Waals surface area contributed by atoms with E-state index in [9.17, 15) is 0 Å². The fourth-order valence-corrected chi connectivity index (χ4v) is 1.54. The van der Waals surface area contributed by atoms with Gasteiger partial charge in [0.05, 0.1) is 42.2 Å². The molecular weight excluding hydrogens is 188 g/mol. The van der Waals surface area contributed by atoms with Crippen LogP contribution in [0.3, 0.4) is 0 Å². The summed E-state index contributed by atoms with van der Waals surface area (Å²) in [6, 6.07) is 1.70. The zero-order valence-electron chi connectivity index (χ0n) is 6.68. The molecule has 2 aromatic rings. The Morgan fingerprint density at radius 3 is 3.08 bits per heavy atom. The molecular formula is C7H8N4OS. The molecule has 1 atom stereocenters. The Labute approximate surface area is 78.9 Å². The van der Waals surface area contributed by atoms with Crippen LogP contribution in [0.1, 0.15) is 17.3 Å². The minimum atomic E-state index is -0.141. The normalized spacial score (nSPS) is 13.0. The highest BCUT2D eigenvalue weighted by molar-refractivity contribution is 6.99. The van der Waals surface area contributed by atoms with Gasteiger partial charge in [-0.05, 0) is 6.07 Å². The molecule has 0 radical (unpaired) electrons. The maximum absolute atomic E-state index is 5.40. The van der Waals surface area contributed by atoms with Crippen molar-refractivity contribution in [3.63, 3.8) is 0 Å². The smallest absolute Gasteiger partial charge is 0.0971 e. The summed E-state index contributed by atoms with van der Waals surface area (Å²) in [6.07, 6.45) is 4.91.